The normalized spacial score (nSPS) is 15.5. The zero-order valence-electron chi connectivity index (χ0n) is 16.3. The van der Waals surface area contributed by atoms with Crippen LogP contribution in [0.2, 0.25) is 0 Å². The van der Waals surface area contributed by atoms with Crippen molar-refractivity contribution in [2.75, 3.05) is 4.90 Å². The molecule has 4 rings (SSSR count). The Hall–Kier alpha value is -3.25. The molecule has 0 saturated carbocycles. The molecule has 3 aromatic carbocycles. The zero-order valence-corrected chi connectivity index (χ0v) is 16.3. The van der Waals surface area contributed by atoms with Gasteiger partial charge in [0.1, 0.15) is 11.6 Å². The number of hydrogen-bond donors (Lipinski definition) is 2. The Morgan fingerprint density at radius 3 is 2.37 bits per heavy atom. The van der Waals surface area contributed by atoms with Crippen LogP contribution in [-0.4, -0.2) is 17.2 Å². The van der Waals surface area contributed by atoms with E-state index in [1.807, 2.05) is 18.2 Å². The minimum absolute atomic E-state index is 0.0816. The van der Waals surface area contributed by atoms with Crippen LogP contribution in [0.5, 0.6) is 0 Å². The van der Waals surface area contributed by atoms with Crippen molar-refractivity contribution >= 4 is 11.7 Å². The molecule has 3 N–H and O–H groups in total. The van der Waals surface area contributed by atoms with Gasteiger partial charge in [0.15, 0.2) is 0 Å². The molecule has 0 aliphatic heterocycles. The summed E-state index contributed by atoms with van der Waals surface area (Å²) in [5.41, 5.74) is 9.49. The third-order valence-corrected chi connectivity index (χ3v) is 5.54. The highest BCUT2D eigenvalue weighted by Gasteiger charge is 2.24. The van der Waals surface area contributed by atoms with Crippen LogP contribution in [0.3, 0.4) is 0 Å². The van der Waals surface area contributed by atoms with Gasteiger partial charge in [-0.3, -0.25) is 4.90 Å². The van der Waals surface area contributed by atoms with E-state index in [9.17, 15) is 18.7 Å². The number of primary amides is 1. The molecule has 0 fully saturated rings. The molecule has 1 atom stereocenters. The zero-order chi connectivity index (χ0) is 21.3. The molecule has 154 valence electrons. The molecular weight excluding hydrogens is 386 g/mol. The predicted molar refractivity (Wildman–Crippen MR) is 112 cm³/mol. The van der Waals surface area contributed by atoms with Crippen molar-refractivity contribution in [1.82, 2.24) is 0 Å². The van der Waals surface area contributed by atoms with E-state index in [1.54, 1.807) is 24.3 Å². The minimum Gasteiger partial charge on any atom is -0.393 e. The lowest BCUT2D eigenvalue weighted by Gasteiger charge is -2.29. The molecule has 30 heavy (non-hydrogen) atoms. The van der Waals surface area contributed by atoms with Gasteiger partial charge in [0, 0.05) is 12.1 Å². The molecule has 4 nitrogen and oxygen atoms in total. The molecule has 0 spiro atoms. The fourth-order valence-electron chi connectivity index (χ4n) is 4.02. The number of halogens is 2. The van der Waals surface area contributed by atoms with Crippen LogP contribution in [0.15, 0.2) is 60.7 Å². The molecule has 2 amide bonds. The molecule has 0 heterocycles. The van der Waals surface area contributed by atoms with Gasteiger partial charge in [-0.1, -0.05) is 42.5 Å². The molecule has 3 aromatic rings. The molecule has 6 heteroatoms. The van der Waals surface area contributed by atoms with Crippen molar-refractivity contribution in [3.05, 3.63) is 89.0 Å². The van der Waals surface area contributed by atoms with E-state index in [4.69, 9.17) is 5.73 Å². The Balaban J connectivity index is 1.63. The van der Waals surface area contributed by atoms with E-state index in [1.165, 1.54) is 23.1 Å². The van der Waals surface area contributed by atoms with E-state index in [0.29, 0.717) is 24.1 Å². The number of aryl methyl sites for hydroxylation is 1. The highest BCUT2D eigenvalue weighted by atomic mass is 19.1. The summed E-state index contributed by atoms with van der Waals surface area (Å²) in [6, 6.07) is 15.6. The second-order valence-corrected chi connectivity index (χ2v) is 7.53. The van der Waals surface area contributed by atoms with Gasteiger partial charge in [-0.25, -0.2) is 13.6 Å². The molecule has 1 aliphatic carbocycles. The third kappa shape index (κ3) is 3.91. The molecular formula is C24H22F2N2O2. The van der Waals surface area contributed by atoms with E-state index in [0.717, 1.165) is 23.1 Å². The molecule has 0 aromatic heterocycles. The van der Waals surface area contributed by atoms with Crippen molar-refractivity contribution in [2.45, 2.75) is 31.9 Å². The average Bonchev–Trinajstić information content (AvgIpc) is 2.72. The molecule has 0 radical (unpaired) electrons. The van der Waals surface area contributed by atoms with Gasteiger partial charge in [0.2, 0.25) is 0 Å². The first kappa shape index (κ1) is 20.0. The lowest BCUT2D eigenvalue weighted by molar-refractivity contribution is 0.158. The topological polar surface area (TPSA) is 66.6 Å². The molecule has 1 unspecified atom stereocenters. The number of nitrogens with zero attached hydrogens (tertiary/aromatic N) is 1. The van der Waals surface area contributed by atoms with E-state index < -0.39 is 23.8 Å². The van der Waals surface area contributed by atoms with Crippen LogP contribution in [0.4, 0.5) is 19.3 Å². The van der Waals surface area contributed by atoms with Gasteiger partial charge in [-0.05, 0) is 53.3 Å². The number of amides is 2. The Bertz CT molecular complexity index is 1060. The third-order valence-electron chi connectivity index (χ3n) is 5.54. The van der Waals surface area contributed by atoms with Crippen LogP contribution in [0.1, 0.15) is 23.1 Å². The van der Waals surface area contributed by atoms with Gasteiger partial charge in [-0.15, -0.1) is 0 Å². The second kappa shape index (κ2) is 8.24. The number of urea groups is 1. The van der Waals surface area contributed by atoms with Crippen LogP contribution >= 0.6 is 0 Å². The SMILES string of the molecule is NC(=O)N(Cc1ccc(-c2c(F)cccc2F)cc1)c1cccc2c1CC(O)CC2. The fourth-order valence-corrected chi connectivity index (χ4v) is 4.02. The summed E-state index contributed by atoms with van der Waals surface area (Å²) in [4.78, 5) is 13.7. The van der Waals surface area contributed by atoms with E-state index in [-0.39, 0.29) is 12.1 Å². The number of carbonyl (C=O) groups is 1. The Kier molecular flexibility index (Phi) is 5.50. The Morgan fingerprint density at radius 1 is 1.03 bits per heavy atom. The highest BCUT2D eigenvalue weighted by molar-refractivity contribution is 5.91. The van der Waals surface area contributed by atoms with Crippen molar-refractivity contribution < 1.29 is 18.7 Å². The maximum Gasteiger partial charge on any atom is 0.319 e. The van der Waals surface area contributed by atoms with Gasteiger partial charge in [0.05, 0.1) is 18.2 Å². The first-order valence-corrected chi connectivity index (χ1v) is 9.83. The Labute approximate surface area is 173 Å². The number of aliphatic hydroxyl groups excluding tert-OH is 1. The average molecular weight is 408 g/mol. The summed E-state index contributed by atoms with van der Waals surface area (Å²) >= 11 is 0. The fraction of sp³-hybridized carbons (Fsp3) is 0.208. The number of fused-ring (bicyclic) bond motifs is 1. The number of hydrogen-bond acceptors (Lipinski definition) is 2. The number of benzene rings is 3. The largest absolute Gasteiger partial charge is 0.393 e. The summed E-state index contributed by atoms with van der Waals surface area (Å²) in [5.74, 6) is -1.26. The predicted octanol–water partition coefficient (Wildman–Crippen LogP) is 4.57. The maximum atomic E-state index is 14.0. The first-order valence-electron chi connectivity index (χ1n) is 9.83. The van der Waals surface area contributed by atoms with Crippen molar-refractivity contribution in [3.8, 4) is 11.1 Å². The molecule has 0 bridgehead atoms. The van der Waals surface area contributed by atoms with Gasteiger partial charge >= 0.3 is 6.03 Å². The number of nitrogens with two attached hydrogens (primary N) is 1. The van der Waals surface area contributed by atoms with E-state index >= 15 is 0 Å². The lowest BCUT2D eigenvalue weighted by atomic mass is 9.88. The number of rotatable bonds is 4. The van der Waals surface area contributed by atoms with Crippen LogP contribution in [-0.2, 0) is 19.4 Å². The van der Waals surface area contributed by atoms with Crippen LogP contribution < -0.4 is 10.6 Å². The lowest BCUT2D eigenvalue weighted by Crippen LogP contribution is -2.36. The summed E-state index contributed by atoms with van der Waals surface area (Å²) in [6.45, 7) is 0.210. The maximum absolute atomic E-state index is 14.0. The van der Waals surface area contributed by atoms with Crippen LogP contribution in [0, 0.1) is 11.6 Å². The van der Waals surface area contributed by atoms with Crippen molar-refractivity contribution in [3.63, 3.8) is 0 Å². The van der Waals surface area contributed by atoms with E-state index in [2.05, 4.69) is 0 Å². The molecule has 1 aliphatic rings. The Morgan fingerprint density at radius 2 is 1.70 bits per heavy atom. The van der Waals surface area contributed by atoms with Gasteiger partial charge in [-0.2, -0.15) is 0 Å². The minimum atomic E-state index is -0.629. The van der Waals surface area contributed by atoms with Crippen molar-refractivity contribution in [1.29, 1.82) is 0 Å². The summed E-state index contributed by atoms with van der Waals surface area (Å²) in [7, 11) is 0. The number of aliphatic hydroxyl groups is 1. The molecule has 0 saturated heterocycles. The smallest absolute Gasteiger partial charge is 0.319 e. The number of carbonyl (C=O) groups excluding carboxylic acids is 1. The summed E-state index contributed by atoms with van der Waals surface area (Å²) < 4.78 is 28.1. The quantitative estimate of drug-likeness (QED) is 0.664. The highest BCUT2D eigenvalue weighted by Crippen LogP contribution is 2.32. The van der Waals surface area contributed by atoms with Crippen molar-refractivity contribution in [2.24, 2.45) is 5.73 Å². The summed E-state index contributed by atoms with van der Waals surface area (Å²) in [5, 5.41) is 10.1. The monoisotopic (exact) mass is 408 g/mol. The van der Waals surface area contributed by atoms with Gasteiger partial charge in [0.25, 0.3) is 0 Å². The standard InChI is InChI=1S/C24H22F2N2O2/c25-20-4-2-5-21(26)23(20)17-9-7-15(8-10-17)14-28(24(27)30)22-6-1-3-16-11-12-18(29)13-19(16)22/h1-10,18,29H,11-14H2,(H2,27,30). The summed E-state index contributed by atoms with van der Waals surface area (Å²) in [6.07, 6.45) is 1.48. The van der Waals surface area contributed by atoms with Crippen LogP contribution in [0.25, 0.3) is 11.1 Å². The second-order valence-electron chi connectivity index (χ2n) is 7.53. The first-order chi connectivity index (χ1) is 14.4. The number of anilines is 1. The van der Waals surface area contributed by atoms with Gasteiger partial charge < -0.3 is 10.8 Å².